The van der Waals surface area contributed by atoms with Crippen molar-refractivity contribution in [3.8, 4) is 0 Å². The number of fused-ring (bicyclic) bond motifs is 2. The van der Waals surface area contributed by atoms with Gasteiger partial charge in [-0.25, -0.2) is 0 Å². The van der Waals surface area contributed by atoms with E-state index in [1.807, 2.05) is 11.9 Å². The third-order valence-corrected chi connectivity index (χ3v) is 8.76. The fourth-order valence-corrected chi connectivity index (χ4v) is 6.68. The molecule has 2 saturated carbocycles. The second kappa shape index (κ2) is 6.79. The molecule has 0 aromatic carbocycles. The molecule has 0 N–H and O–H groups in total. The van der Waals surface area contributed by atoms with Gasteiger partial charge in [0.05, 0.1) is 0 Å². The normalized spacial score (nSPS) is 35.4. The fraction of sp³-hybridized carbons (Fsp3) is 0.941. The Morgan fingerprint density at radius 2 is 1.44 bits per heavy atom. The highest BCUT2D eigenvalue weighted by Gasteiger charge is 2.45. The Kier molecular flexibility index (Phi) is 4.81. The van der Waals surface area contributed by atoms with Crippen LogP contribution in [0.4, 0.5) is 0 Å². The van der Waals surface area contributed by atoms with Crippen LogP contribution in [0.3, 0.4) is 0 Å². The topological polar surface area (TPSA) is 64.2 Å². The predicted molar refractivity (Wildman–Crippen MR) is 95.1 cm³/mol. The van der Waals surface area contributed by atoms with Crippen LogP contribution in [0.5, 0.6) is 0 Å². The molecule has 2 saturated heterocycles. The molecule has 4 rings (SSSR count). The monoisotopic (exact) mass is 370 g/mol. The first-order valence-electron chi connectivity index (χ1n) is 9.67. The van der Waals surface area contributed by atoms with Crippen LogP contribution in [0.25, 0.3) is 0 Å². The van der Waals surface area contributed by atoms with Crippen molar-refractivity contribution >= 4 is 16.1 Å². The van der Waals surface area contributed by atoms with Crippen molar-refractivity contribution in [2.24, 2.45) is 17.8 Å². The van der Waals surface area contributed by atoms with Gasteiger partial charge in [-0.1, -0.05) is 6.42 Å². The maximum Gasteiger partial charge on any atom is 0.282 e. The molecular formula is C17H30N4O3S. The zero-order valence-corrected chi connectivity index (χ0v) is 16.0. The molecule has 2 aliphatic carbocycles. The standard InChI is InChI=1S/C17H30N4O3S/c1-18-4-8-20(9-5-18)25(23,24)21-10-6-19(7-11-21)17(22)16-13-14-2-3-15(16)12-14/h14-16H,2-13H2,1H3. The van der Waals surface area contributed by atoms with Gasteiger partial charge in [0.25, 0.3) is 10.2 Å². The number of rotatable bonds is 3. The lowest BCUT2D eigenvalue weighted by Gasteiger charge is -2.40. The van der Waals surface area contributed by atoms with Gasteiger partial charge in [-0.05, 0) is 38.1 Å². The Bertz CT molecular complexity index is 609. The molecule has 3 unspecified atom stereocenters. The summed E-state index contributed by atoms with van der Waals surface area (Å²) >= 11 is 0. The predicted octanol–water partition coefficient (Wildman–Crippen LogP) is 0.0590. The SMILES string of the molecule is CN1CCN(S(=O)(=O)N2CCN(C(=O)C3CC4CCC3C4)CC2)CC1. The van der Waals surface area contributed by atoms with Crippen molar-refractivity contribution in [3.05, 3.63) is 0 Å². The van der Waals surface area contributed by atoms with Gasteiger partial charge in [0.2, 0.25) is 5.91 Å². The van der Waals surface area contributed by atoms with E-state index in [4.69, 9.17) is 0 Å². The summed E-state index contributed by atoms with van der Waals surface area (Å²) in [5, 5.41) is 0. The average Bonchev–Trinajstić information content (AvgIpc) is 3.25. The Hall–Kier alpha value is -0.700. The largest absolute Gasteiger partial charge is 0.340 e. The number of carbonyl (C=O) groups is 1. The van der Waals surface area contributed by atoms with E-state index in [2.05, 4.69) is 4.90 Å². The molecule has 3 atom stereocenters. The van der Waals surface area contributed by atoms with E-state index in [9.17, 15) is 13.2 Å². The molecule has 25 heavy (non-hydrogen) atoms. The molecule has 1 amide bonds. The van der Waals surface area contributed by atoms with Crippen LogP contribution < -0.4 is 0 Å². The van der Waals surface area contributed by atoms with Gasteiger partial charge in [0, 0.05) is 58.3 Å². The molecule has 0 radical (unpaired) electrons. The van der Waals surface area contributed by atoms with Gasteiger partial charge in [-0.2, -0.15) is 17.0 Å². The lowest BCUT2D eigenvalue weighted by atomic mass is 9.87. The van der Waals surface area contributed by atoms with Gasteiger partial charge in [-0.3, -0.25) is 4.79 Å². The van der Waals surface area contributed by atoms with Crippen molar-refractivity contribution in [3.63, 3.8) is 0 Å². The minimum absolute atomic E-state index is 0.208. The Labute approximate surface area is 151 Å². The Morgan fingerprint density at radius 1 is 0.840 bits per heavy atom. The van der Waals surface area contributed by atoms with E-state index >= 15 is 0 Å². The van der Waals surface area contributed by atoms with Gasteiger partial charge in [0.15, 0.2) is 0 Å². The van der Waals surface area contributed by atoms with E-state index in [0.717, 1.165) is 25.4 Å². The van der Waals surface area contributed by atoms with Crippen molar-refractivity contribution in [2.45, 2.75) is 25.7 Å². The Morgan fingerprint density at radius 3 is 1.96 bits per heavy atom. The van der Waals surface area contributed by atoms with Crippen LogP contribution >= 0.6 is 0 Å². The smallest absolute Gasteiger partial charge is 0.282 e. The van der Waals surface area contributed by atoms with Crippen LogP contribution in [-0.4, -0.2) is 92.1 Å². The zero-order chi connectivity index (χ0) is 17.6. The first-order valence-corrected chi connectivity index (χ1v) is 11.1. The van der Waals surface area contributed by atoms with E-state index in [-0.39, 0.29) is 11.8 Å². The summed E-state index contributed by atoms with van der Waals surface area (Å²) in [5.74, 6) is 1.84. The molecule has 4 aliphatic rings. The summed E-state index contributed by atoms with van der Waals surface area (Å²) in [6.45, 7) is 4.62. The minimum Gasteiger partial charge on any atom is -0.340 e. The second-order valence-corrected chi connectivity index (χ2v) is 10.1. The van der Waals surface area contributed by atoms with Crippen molar-refractivity contribution < 1.29 is 13.2 Å². The number of hydrogen-bond acceptors (Lipinski definition) is 4. The van der Waals surface area contributed by atoms with Crippen LogP contribution in [0.1, 0.15) is 25.7 Å². The average molecular weight is 371 g/mol. The molecule has 4 fully saturated rings. The van der Waals surface area contributed by atoms with E-state index in [0.29, 0.717) is 45.2 Å². The minimum atomic E-state index is -3.38. The van der Waals surface area contributed by atoms with Gasteiger partial charge >= 0.3 is 0 Å². The highest BCUT2D eigenvalue weighted by Crippen LogP contribution is 2.48. The number of amides is 1. The maximum absolute atomic E-state index is 12.8. The molecule has 2 bridgehead atoms. The van der Waals surface area contributed by atoms with Gasteiger partial charge in [0.1, 0.15) is 0 Å². The summed E-state index contributed by atoms with van der Waals surface area (Å²) in [7, 11) is -1.37. The summed E-state index contributed by atoms with van der Waals surface area (Å²) in [5.41, 5.74) is 0. The first kappa shape index (κ1) is 17.7. The number of hydrogen-bond donors (Lipinski definition) is 0. The summed E-state index contributed by atoms with van der Waals surface area (Å²) < 4.78 is 28.8. The summed E-state index contributed by atoms with van der Waals surface area (Å²) in [6, 6.07) is 0. The van der Waals surface area contributed by atoms with Gasteiger partial charge < -0.3 is 9.80 Å². The maximum atomic E-state index is 12.8. The number of likely N-dealkylation sites (N-methyl/N-ethyl adjacent to an activating group) is 1. The molecule has 0 spiro atoms. The Balaban J connectivity index is 1.32. The van der Waals surface area contributed by atoms with E-state index in [1.54, 1.807) is 8.61 Å². The van der Waals surface area contributed by atoms with E-state index in [1.165, 1.54) is 19.3 Å². The van der Waals surface area contributed by atoms with Crippen molar-refractivity contribution in [1.29, 1.82) is 0 Å². The van der Waals surface area contributed by atoms with E-state index < -0.39 is 10.2 Å². The highest BCUT2D eigenvalue weighted by atomic mass is 32.2. The number of carbonyl (C=O) groups excluding carboxylic acids is 1. The number of nitrogens with zero attached hydrogens (tertiary/aromatic N) is 4. The first-order chi connectivity index (χ1) is 11.9. The fourth-order valence-electron chi connectivity index (χ4n) is 5.10. The molecule has 142 valence electrons. The van der Waals surface area contributed by atoms with Crippen LogP contribution in [0.15, 0.2) is 0 Å². The molecule has 2 aliphatic heterocycles. The van der Waals surface area contributed by atoms with Crippen molar-refractivity contribution in [2.75, 3.05) is 59.4 Å². The van der Waals surface area contributed by atoms with Crippen LogP contribution in [-0.2, 0) is 15.0 Å². The quantitative estimate of drug-likeness (QED) is 0.705. The summed E-state index contributed by atoms with van der Waals surface area (Å²) in [4.78, 5) is 16.9. The molecular weight excluding hydrogens is 340 g/mol. The molecule has 0 aromatic heterocycles. The molecule has 2 heterocycles. The van der Waals surface area contributed by atoms with Crippen LogP contribution in [0, 0.1) is 17.8 Å². The molecule has 7 nitrogen and oxygen atoms in total. The lowest BCUT2D eigenvalue weighted by molar-refractivity contribution is -0.138. The third-order valence-electron chi connectivity index (χ3n) is 6.72. The lowest BCUT2D eigenvalue weighted by Crippen LogP contribution is -2.57. The molecule has 0 aromatic rings. The second-order valence-electron chi connectivity index (χ2n) is 8.22. The summed E-state index contributed by atoms with van der Waals surface area (Å²) in [6.07, 6.45) is 4.79. The highest BCUT2D eigenvalue weighted by molar-refractivity contribution is 7.86. The number of piperazine rings is 2. The molecule has 8 heteroatoms. The zero-order valence-electron chi connectivity index (χ0n) is 15.1. The van der Waals surface area contributed by atoms with Gasteiger partial charge in [-0.15, -0.1) is 0 Å². The third kappa shape index (κ3) is 3.34. The van der Waals surface area contributed by atoms with Crippen molar-refractivity contribution in [1.82, 2.24) is 18.4 Å². The van der Waals surface area contributed by atoms with Crippen LogP contribution in [0.2, 0.25) is 0 Å².